The van der Waals surface area contributed by atoms with Crippen molar-refractivity contribution in [2.24, 2.45) is 0 Å². The first-order chi connectivity index (χ1) is 15.4. The van der Waals surface area contributed by atoms with E-state index >= 15 is 0 Å². The minimum absolute atomic E-state index is 0.0165. The second-order valence-electron chi connectivity index (χ2n) is 7.70. The lowest BCUT2D eigenvalue weighted by Crippen LogP contribution is -2.36. The molecule has 0 fully saturated rings. The number of amides is 1. The molecule has 1 aromatic carbocycles. The van der Waals surface area contributed by atoms with Gasteiger partial charge in [0.1, 0.15) is 16.8 Å². The highest BCUT2D eigenvalue weighted by atomic mass is 16.5. The van der Waals surface area contributed by atoms with E-state index in [0.29, 0.717) is 17.9 Å². The van der Waals surface area contributed by atoms with E-state index in [2.05, 4.69) is 10.3 Å². The molecule has 0 saturated carbocycles. The van der Waals surface area contributed by atoms with Gasteiger partial charge in [0.25, 0.3) is 11.5 Å². The largest absolute Gasteiger partial charge is 0.383 e. The van der Waals surface area contributed by atoms with E-state index in [9.17, 15) is 9.59 Å². The number of rotatable bonds is 6. The first-order valence-electron chi connectivity index (χ1n) is 10.4. The summed E-state index contributed by atoms with van der Waals surface area (Å²) in [6, 6.07) is 14.4. The summed E-state index contributed by atoms with van der Waals surface area (Å²) >= 11 is 0. The van der Waals surface area contributed by atoms with Gasteiger partial charge in [0.2, 0.25) is 0 Å². The minimum atomic E-state index is -0.423. The van der Waals surface area contributed by atoms with Gasteiger partial charge in [-0.05, 0) is 37.1 Å². The number of aryl methyl sites for hydroxylation is 1. The third-order valence-electron chi connectivity index (χ3n) is 5.54. The zero-order valence-electron chi connectivity index (χ0n) is 18.3. The van der Waals surface area contributed by atoms with E-state index in [1.165, 1.54) is 10.5 Å². The molecule has 4 aromatic rings. The lowest BCUT2D eigenvalue weighted by atomic mass is 10.1. The van der Waals surface area contributed by atoms with Gasteiger partial charge in [0.15, 0.2) is 0 Å². The monoisotopic (exact) mass is 431 g/mol. The van der Waals surface area contributed by atoms with Gasteiger partial charge in [-0.2, -0.15) is 0 Å². The fraction of sp³-hybridized carbons (Fsp3) is 0.250. The van der Waals surface area contributed by atoms with Crippen molar-refractivity contribution in [2.45, 2.75) is 26.4 Å². The molecule has 4 rings (SSSR count). The van der Waals surface area contributed by atoms with E-state index in [4.69, 9.17) is 10.1 Å². The highest BCUT2D eigenvalue weighted by Gasteiger charge is 2.19. The van der Waals surface area contributed by atoms with E-state index in [-0.39, 0.29) is 34.6 Å². The second-order valence-corrected chi connectivity index (χ2v) is 7.70. The van der Waals surface area contributed by atoms with Crippen molar-refractivity contribution < 1.29 is 9.53 Å². The summed E-state index contributed by atoms with van der Waals surface area (Å²) in [6.45, 7) is 4.35. The zero-order valence-corrected chi connectivity index (χ0v) is 18.3. The van der Waals surface area contributed by atoms with E-state index in [1.54, 1.807) is 23.9 Å². The number of nitrogens with zero attached hydrogens (tertiary/aromatic N) is 3. The summed E-state index contributed by atoms with van der Waals surface area (Å²) < 4.78 is 8.23. The predicted molar refractivity (Wildman–Crippen MR) is 122 cm³/mol. The number of carbonyl (C=O) groups excluding carboxylic acids is 1. The predicted octanol–water partition coefficient (Wildman–Crippen LogP) is 2.57. The molecule has 3 aromatic heterocycles. The van der Waals surface area contributed by atoms with E-state index < -0.39 is 5.91 Å². The Hall–Kier alpha value is -3.78. The highest BCUT2D eigenvalue weighted by molar-refractivity contribution is 5.97. The molecule has 0 spiro atoms. The van der Waals surface area contributed by atoms with Crippen molar-refractivity contribution in [2.75, 3.05) is 13.7 Å². The number of ether oxygens (including phenoxy) is 1. The summed E-state index contributed by atoms with van der Waals surface area (Å²) in [5, 5.41) is 11.9. The average Bonchev–Trinajstić information content (AvgIpc) is 2.79. The highest BCUT2D eigenvalue weighted by Crippen LogP contribution is 2.15. The molecule has 0 aliphatic rings. The molecule has 0 saturated heterocycles. The van der Waals surface area contributed by atoms with Crippen LogP contribution < -0.4 is 16.4 Å². The van der Waals surface area contributed by atoms with Crippen molar-refractivity contribution in [3.63, 3.8) is 0 Å². The molecule has 0 radical (unpaired) electrons. The Bertz CT molecular complexity index is 1420. The summed E-state index contributed by atoms with van der Waals surface area (Å²) in [4.78, 5) is 31.1. The SMILES string of the molecule is COCCn1c(=N)c(C(=O)N[C@H](C)c2ccccc2)cc2c(=O)n3cccc(C)c3nc21. The van der Waals surface area contributed by atoms with Crippen LogP contribution in [0.3, 0.4) is 0 Å². The first-order valence-corrected chi connectivity index (χ1v) is 10.4. The summed E-state index contributed by atoms with van der Waals surface area (Å²) in [5.41, 5.74) is 2.48. The van der Waals surface area contributed by atoms with Crippen LogP contribution in [0.15, 0.2) is 59.5 Å². The third-order valence-corrected chi connectivity index (χ3v) is 5.54. The van der Waals surface area contributed by atoms with Crippen molar-refractivity contribution >= 4 is 22.6 Å². The van der Waals surface area contributed by atoms with Crippen molar-refractivity contribution in [1.82, 2.24) is 19.3 Å². The third kappa shape index (κ3) is 3.80. The quantitative estimate of drug-likeness (QED) is 0.458. The number of hydrogen-bond donors (Lipinski definition) is 2. The number of benzene rings is 1. The fourth-order valence-electron chi connectivity index (χ4n) is 3.77. The summed E-state index contributed by atoms with van der Waals surface area (Å²) in [7, 11) is 1.56. The van der Waals surface area contributed by atoms with Gasteiger partial charge in [-0.1, -0.05) is 36.4 Å². The molecule has 1 atom stereocenters. The van der Waals surface area contributed by atoms with Crippen LogP contribution in [0.2, 0.25) is 0 Å². The lowest BCUT2D eigenvalue weighted by Gasteiger charge is -2.17. The van der Waals surface area contributed by atoms with Crippen LogP contribution in [0.1, 0.15) is 34.5 Å². The maximum atomic E-state index is 13.3. The maximum Gasteiger partial charge on any atom is 0.267 e. The Morgan fingerprint density at radius 2 is 1.94 bits per heavy atom. The van der Waals surface area contributed by atoms with Gasteiger partial charge in [0.05, 0.1) is 23.6 Å². The van der Waals surface area contributed by atoms with Crippen molar-refractivity contribution in [3.05, 3.63) is 87.3 Å². The summed E-state index contributed by atoms with van der Waals surface area (Å²) in [6.07, 6.45) is 1.66. The molecule has 0 aliphatic heterocycles. The normalized spacial score (nSPS) is 12.2. The number of fused-ring (bicyclic) bond motifs is 2. The number of hydrogen-bond acceptors (Lipinski definition) is 5. The van der Waals surface area contributed by atoms with Gasteiger partial charge in [0, 0.05) is 19.9 Å². The lowest BCUT2D eigenvalue weighted by molar-refractivity contribution is 0.0937. The topological polar surface area (TPSA) is 101 Å². The van der Waals surface area contributed by atoms with Gasteiger partial charge in [-0.3, -0.25) is 19.4 Å². The van der Waals surface area contributed by atoms with Crippen molar-refractivity contribution in [1.29, 1.82) is 5.41 Å². The minimum Gasteiger partial charge on any atom is -0.383 e. The molecule has 164 valence electrons. The molecule has 32 heavy (non-hydrogen) atoms. The van der Waals surface area contributed by atoms with Gasteiger partial charge in [-0.25, -0.2) is 4.98 Å². The van der Waals surface area contributed by atoms with Crippen LogP contribution in [-0.2, 0) is 11.3 Å². The Morgan fingerprint density at radius 3 is 2.66 bits per heavy atom. The Kier molecular flexibility index (Phi) is 5.87. The van der Waals surface area contributed by atoms with Gasteiger partial charge in [-0.15, -0.1) is 0 Å². The summed E-state index contributed by atoms with van der Waals surface area (Å²) in [5.74, 6) is -0.423. The van der Waals surface area contributed by atoms with Crippen molar-refractivity contribution in [3.8, 4) is 0 Å². The number of carbonyl (C=O) groups is 1. The smallest absolute Gasteiger partial charge is 0.267 e. The molecule has 8 heteroatoms. The molecule has 3 heterocycles. The number of pyridine rings is 2. The molecular weight excluding hydrogens is 406 g/mol. The Balaban J connectivity index is 1.89. The zero-order chi connectivity index (χ0) is 22.8. The Morgan fingerprint density at radius 1 is 1.19 bits per heavy atom. The Labute approximate surface area is 184 Å². The first kappa shape index (κ1) is 21.5. The standard InChI is InChI=1S/C24H25N5O3/c1-15-8-7-11-29-21(15)27-22-19(24(29)31)14-18(20(25)28(22)12-13-32-3)23(30)26-16(2)17-9-5-4-6-10-17/h4-11,14,16,25H,12-13H2,1-3H3,(H,26,30)/t16-/m1/s1. The molecule has 8 nitrogen and oxygen atoms in total. The van der Waals surface area contributed by atoms with Crippen LogP contribution in [0.25, 0.3) is 16.7 Å². The van der Waals surface area contributed by atoms with Gasteiger partial charge < -0.3 is 14.6 Å². The average molecular weight is 431 g/mol. The molecule has 0 bridgehead atoms. The number of aromatic nitrogens is 3. The molecule has 2 N–H and O–H groups in total. The number of nitrogens with one attached hydrogen (secondary N) is 2. The maximum absolute atomic E-state index is 13.3. The van der Waals surface area contributed by atoms with Crippen LogP contribution in [0.5, 0.6) is 0 Å². The molecular formula is C24H25N5O3. The van der Waals surface area contributed by atoms with E-state index in [1.807, 2.05) is 50.2 Å². The van der Waals surface area contributed by atoms with Crippen LogP contribution in [0.4, 0.5) is 0 Å². The van der Waals surface area contributed by atoms with Crippen LogP contribution in [-0.4, -0.2) is 33.6 Å². The van der Waals surface area contributed by atoms with Crippen LogP contribution >= 0.6 is 0 Å². The molecule has 1 amide bonds. The second kappa shape index (κ2) is 8.76. The molecule has 0 unspecified atom stereocenters. The number of methoxy groups -OCH3 is 1. The van der Waals surface area contributed by atoms with Crippen LogP contribution in [0, 0.1) is 12.3 Å². The van der Waals surface area contributed by atoms with Gasteiger partial charge >= 0.3 is 0 Å². The fourth-order valence-corrected chi connectivity index (χ4v) is 3.77. The molecule has 0 aliphatic carbocycles. The van der Waals surface area contributed by atoms with E-state index in [0.717, 1.165) is 11.1 Å².